The minimum Gasteiger partial charge on any atom is -0.449 e. The van der Waals surface area contributed by atoms with E-state index in [1.54, 1.807) is 0 Å². The number of halogens is 1. The molecule has 136 valence electrons. The lowest BCUT2D eigenvalue weighted by atomic mass is 9.98. The topological polar surface area (TPSA) is 47.6 Å². The maximum atomic E-state index is 12.3. The lowest BCUT2D eigenvalue weighted by molar-refractivity contribution is -0.0124. The predicted molar refractivity (Wildman–Crippen MR) is 104 cm³/mol. The van der Waals surface area contributed by atoms with Crippen molar-refractivity contribution >= 4 is 22.0 Å². The smallest absolute Gasteiger partial charge is 0.407 e. The minimum atomic E-state index is -0.375. The lowest BCUT2D eigenvalue weighted by Gasteiger charge is -2.32. The van der Waals surface area contributed by atoms with Gasteiger partial charge in [0.25, 0.3) is 0 Å². The summed E-state index contributed by atoms with van der Waals surface area (Å²) in [6.07, 6.45) is 1.34. The van der Waals surface area contributed by atoms with E-state index in [0.717, 1.165) is 12.8 Å². The molecule has 1 aliphatic carbocycles. The zero-order chi connectivity index (χ0) is 18.1. The molecule has 0 unspecified atom stereocenters. The third-order valence-corrected chi connectivity index (χ3v) is 5.95. The zero-order valence-corrected chi connectivity index (χ0v) is 16.2. The fourth-order valence-corrected chi connectivity index (χ4v) is 4.53. The Kier molecular flexibility index (Phi) is 5.00. The molecule has 1 heterocycles. The van der Waals surface area contributed by atoms with Gasteiger partial charge >= 0.3 is 6.09 Å². The average Bonchev–Trinajstić information content (AvgIpc) is 2.96. The van der Waals surface area contributed by atoms with Gasteiger partial charge in [-0.2, -0.15) is 0 Å². The number of rotatable bonds is 3. The molecule has 2 aliphatic rings. The van der Waals surface area contributed by atoms with Crippen molar-refractivity contribution in [2.75, 3.05) is 6.61 Å². The molecular formula is C21H22BrNO3. The number of benzene rings is 2. The molecule has 0 aromatic heterocycles. The highest BCUT2D eigenvalue weighted by molar-refractivity contribution is 9.09. The number of carbonyl (C=O) groups is 1. The molecule has 4 nitrogen and oxygen atoms in total. The molecule has 0 radical (unpaired) electrons. The molecule has 0 spiro atoms. The van der Waals surface area contributed by atoms with E-state index in [0.29, 0.717) is 6.61 Å². The summed E-state index contributed by atoms with van der Waals surface area (Å²) in [5.74, 6) is 0.0834. The molecule has 0 bridgehead atoms. The van der Waals surface area contributed by atoms with Gasteiger partial charge in [-0.1, -0.05) is 64.5 Å². The van der Waals surface area contributed by atoms with E-state index < -0.39 is 0 Å². The summed E-state index contributed by atoms with van der Waals surface area (Å²) in [7, 11) is 0. The summed E-state index contributed by atoms with van der Waals surface area (Å²) in [5, 5.41) is 3.02. The molecule has 2 aromatic rings. The summed E-state index contributed by atoms with van der Waals surface area (Å²) in [6, 6.07) is 16.7. The molecule has 26 heavy (non-hydrogen) atoms. The van der Waals surface area contributed by atoms with Crippen molar-refractivity contribution in [2.45, 2.75) is 42.8 Å². The Morgan fingerprint density at radius 1 is 1.12 bits per heavy atom. The Hall–Kier alpha value is -1.85. The Bertz CT molecular complexity index is 764. The average molecular weight is 416 g/mol. The van der Waals surface area contributed by atoms with Crippen LogP contribution in [-0.2, 0) is 9.47 Å². The van der Waals surface area contributed by atoms with Crippen molar-refractivity contribution in [1.29, 1.82) is 0 Å². The van der Waals surface area contributed by atoms with Crippen LogP contribution in [0.4, 0.5) is 4.79 Å². The van der Waals surface area contributed by atoms with Crippen molar-refractivity contribution < 1.29 is 14.3 Å². The SMILES string of the molecule is C[C@@H]1O[C@@H](Br)CC[C@H]1NC(=O)OCC1c2ccccc2-c2ccccc21. The quantitative estimate of drug-likeness (QED) is 0.731. The first-order valence-electron chi connectivity index (χ1n) is 9.04. The Balaban J connectivity index is 1.42. The van der Waals surface area contributed by atoms with Crippen molar-refractivity contribution in [2.24, 2.45) is 0 Å². The number of alkyl halides is 1. The molecule has 1 N–H and O–H groups in total. The molecule has 2 aromatic carbocycles. The molecule has 5 heteroatoms. The van der Waals surface area contributed by atoms with E-state index in [2.05, 4.69) is 45.5 Å². The molecule has 1 amide bonds. The van der Waals surface area contributed by atoms with Gasteiger partial charge in [0.1, 0.15) is 11.6 Å². The Morgan fingerprint density at radius 2 is 1.73 bits per heavy atom. The monoisotopic (exact) mass is 415 g/mol. The maximum Gasteiger partial charge on any atom is 0.407 e. The second-order valence-corrected chi connectivity index (χ2v) is 7.93. The summed E-state index contributed by atoms with van der Waals surface area (Å²) < 4.78 is 11.3. The zero-order valence-electron chi connectivity index (χ0n) is 14.7. The standard InChI is InChI=1S/C21H22BrNO3/c1-13-19(10-11-20(22)26-13)23-21(24)25-12-18-16-8-4-2-6-14(16)15-7-3-5-9-17(15)18/h2-9,13,18-20H,10-12H2,1H3,(H,23,24)/t13-,19+,20+/m0/s1. The number of alkyl carbamates (subject to hydrolysis) is 1. The first-order chi connectivity index (χ1) is 12.6. The number of nitrogens with one attached hydrogen (secondary N) is 1. The van der Waals surface area contributed by atoms with Gasteiger partial charge < -0.3 is 14.8 Å². The highest BCUT2D eigenvalue weighted by Crippen LogP contribution is 2.44. The third-order valence-electron chi connectivity index (χ3n) is 5.28. The van der Waals surface area contributed by atoms with Crippen LogP contribution in [0.3, 0.4) is 0 Å². The van der Waals surface area contributed by atoms with Gasteiger partial charge in [-0.25, -0.2) is 4.79 Å². The number of amides is 1. The number of hydrogen-bond donors (Lipinski definition) is 1. The molecule has 3 atom stereocenters. The van der Waals surface area contributed by atoms with Crippen molar-refractivity contribution in [3.05, 3.63) is 59.7 Å². The van der Waals surface area contributed by atoms with Crippen LogP contribution in [0, 0.1) is 0 Å². The summed E-state index contributed by atoms with van der Waals surface area (Å²) in [5.41, 5.74) is 4.90. The van der Waals surface area contributed by atoms with Gasteiger partial charge in [-0.15, -0.1) is 0 Å². The summed E-state index contributed by atoms with van der Waals surface area (Å²) in [4.78, 5) is 12.3. The van der Waals surface area contributed by atoms with Crippen LogP contribution in [0.25, 0.3) is 11.1 Å². The Labute approximate surface area is 162 Å². The number of fused-ring (bicyclic) bond motifs is 3. The first kappa shape index (κ1) is 17.6. The first-order valence-corrected chi connectivity index (χ1v) is 9.96. The van der Waals surface area contributed by atoms with E-state index in [1.807, 2.05) is 31.2 Å². The second-order valence-electron chi connectivity index (χ2n) is 6.90. The number of ether oxygens (including phenoxy) is 2. The van der Waals surface area contributed by atoms with Crippen molar-refractivity contribution in [3.63, 3.8) is 0 Å². The highest BCUT2D eigenvalue weighted by Gasteiger charge is 2.31. The van der Waals surface area contributed by atoms with E-state index in [9.17, 15) is 4.79 Å². The van der Waals surface area contributed by atoms with Gasteiger partial charge in [0.05, 0.1) is 12.1 Å². The lowest BCUT2D eigenvalue weighted by Crippen LogP contribution is -2.47. The van der Waals surface area contributed by atoms with Gasteiger partial charge in [0, 0.05) is 5.92 Å². The largest absolute Gasteiger partial charge is 0.449 e. The second kappa shape index (κ2) is 7.41. The third kappa shape index (κ3) is 3.38. The molecular weight excluding hydrogens is 394 g/mol. The normalized spacial score (nSPS) is 24.6. The molecule has 1 aliphatic heterocycles. The van der Waals surface area contributed by atoms with Crippen LogP contribution in [0.1, 0.15) is 36.8 Å². The molecule has 1 fully saturated rings. The predicted octanol–water partition coefficient (Wildman–Crippen LogP) is 4.81. The summed E-state index contributed by atoms with van der Waals surface area (Å²) in [6.45, 7) is 2.31. The molecule has 0 saturated carbocycles. The van der Waals surface area contributed by atoms with Gasteiger partial charge in [-0.3, -0.25) is 0 Å². The Morgan fingerprint density at radius 3 is 2.35 bits per heavy atom. The molecule has 1 saturated heterocycles. The van der Waals surface area contributed by atoms with E-state index in [1.165, 1.54) is 22.3 Å². The van der Waals surface area contributed by atoms with Crippen LogP contribution in [0.2, 0.25) is 0 Å². The van der Waals surface area contributed by atoms with Gasteiger partial charge in [0.15, 0.2) is 0 Å². The highest BCUT2D eigenvalue weighted by atomic mass is 79.9. The maximum absolute atomic E-state index is 12.3. The van der Waals surface area contributed by atoms with Crippen molar-refractivity contribution in [3.8, 4) is 11.1 Å². The van der Waals surface area contributed by atoms with Crippen LogP contribution in [-0.4, -0.2) is 29.9 Å². The van der Waals surface area contributed by atoms with Crippen LogP contribution >= 0.6 is 15.9 Å². The van der Waals surface area contributed by atoms with Crippen LogP contribution in [0.15, 0.2) is 48.5 Å². The fourth-order valence-electron chi connectivity index (χ4n) is 3.92. The van der Waals surface area contributed by atoms with Crippen LogP contribution in [0.5, 0.6) is 0 Å². The van der Waals surface area contributed by atoms with E-state index in [4.69, 9.17) is 9.47 Å². The fraction of sp³-hybridized carbons (Fsp3) is 0.381. The summed E-state index contributed by atoms with van der Waals surface area (Å²) >= 11 is 3.46. The van der Waals surface area contributed by atoms with Gasteiger partial charge in [0.2, 0.25) is 0 Å². The van der Waals surface area contributed by atoms with E-state index in [-0.39, 0.29) is 29.2 Å². The van der Waals surface area contributed by atoms with Gasteiger partial charge in [-0.05, 0) is 42.0 Å². The molecule has 4 rings (SSSR count). The van der Waals surface area contributed by atoms with Crippen molar-refractivity contribution in [1.82, 2.24) is 5.32 Å². The number of carbonyl (C=O) groups excluding carboxylic acids is 1. The van der Waals surface area contributed by atoms with E-state index >= 15 is 0 Å². The number of hydrogen-bond acceptors (Lipinski definition) is 3. The minimum absolute atomic E-state index is 0.0144. The van der Waals surface area contributed by atoms with Crippen LogP contribution < -0.4 is 5.32 Å².